The number of anilines is 1. The zero-order valence-corrected chi connectivity index (χ0v) is 12.3. The molecule has 0 aliphatic heterocycles. The average molecular weight is 287 g/mol. The van der Waals surface area contributed by atoms with Crippen molar-refractivity contribution in [3.05, 3.63) is 24.0 Å². The van der Waals surface area contributed by atoms with E-state index in [2.05, 4.69) is 10.1 Å². The van der Waals surface area contributed by atoms with Crippen LogP contribution in [0.15, 0.2) is 22.7 Å². The van der Waals surface area contributed by atoms with Gasteiger partial charge in [-0.3, -0.25) is 0 Å². The summed E-state index contributed by atoms with van der Waals surface area (Å²) in [5.41, 5.74) is 7.22. The highest BCUT2D eigenvalue weighted by atomic mass is 16.5. The van der Waals surface area contributed by atoms with E-state index in [1.54, 1.807) is 13.2 Å². The molecule has 0 saturated heterocycles. The molecule has 1 aliphatic rings. The summed E-state index contributed by atoms with van der Waals surface area (Å²) in [4.78, 5) is 4.59. The number of hydrogen-bond acceptors (Lipinski definition) is 5. The topological polar surface area (TPSA) is 74.2 Å². The number of hydrogen-bond donors (Lipinski definition) is 1. The fourth-order valence-electron chi connectivity index (χ4n) is 2.93. The molecule has 2 aromatic rings. The molecule has 2 N–H and O–H groups in total. The summed E-state index contributed by atoms with van der Waals surface area (Å²) >= 11 is 0. The van der Waals surface area contributed by atoms with Crippen molar-refractivity contribution in [2.24, 2.45) is 0 Å². The second-order valence-electron chi connectivity index (χ2n) is 5.61. The van der Waals surface area contributed by atoms with Gasteiger partial charge < -0.3 is 15.0 Å². The number of aromatic nitrogens is 2. The third-order valence-corrected chi connectivity index (χ3v) is 4.12. The van der Waals surface area contributed by atoms with Crippen molar-refractivity contribution in [1.29, 1.82) is 0 Å². The van der Waals surface area contributed by atoms with Crippen LogP contribution >= 0.6 is 0 Å². The van der Waals surface area contributed by atoms with Crippen LogP contribution in [-0.2, 0) is 0 Å². The summed E-state index contributed by atoms with van der Waals surface area (Å²) in [6.45, 7) is 0. The standard InChI is InChI=1S/C16H21N3O2/c1-20-14-10-12(17)8-9-13(14)16-18-15(19-21-16)11-6-4-2-3-5-7-11/h8-11H,2-7,17H2,1H3. The van der Waals surface area contributed by atoms with E-state index in [0.29, 0.717) is 23.2 Å². The van der Waals surface area contributed by atoms with Crippen molar-refractivity contribution in [2.45, 2.75) is 44.4 Å². The molecule has 1 fully saturated rings. The van der Waals surface area contributed by atoms with Crippen molar-refractivity contribution in [3.63, 3.8) is 0 Å². The van der Waals surface area contributed by atoms with Crippen LogP contribution in [0, 0.1) is 0 Å². The van der Waals surface area contributed by atoms with Gasteiger partial charge >= 0.3 is 0 Å². The summed E-state index contributed by atoms with van der Waals surface area (Å²) < 4.78 is 10.8. The van der Waals surface area contributed by atoms with Crippen LogP contribution in [0.5, 0.6) is 5.75 Å². The Morgan fingerprint density at radius 2 is 1.95 bits per heavy atom. The minimum absolute atomic E-state index is 0.421. The van der Waals surface area contributed by atoms with Crippen LogP contribution in [0.25, 0.3) is 11.5 Å². The Morgan fingerprint density at radius 3 is 2.67 bits per heavy atom. The van der Waals surface area contributed by atoms with Gasteiger partial charge in [-0.05, 0) is 25.0 Å². The second-order valence-corrected chi connectivity index (χ2v) is 5.61. The number of benzene rings is 1. The summed E-state index contributed by atoms with van der Waals surface area (Å²) in [6, 6.07) is 5.44. The van der Waals surface area contributed by atoms with Crippen LogP contribution in [-0.4, -0.2) is 17.3 Å². The molecule has 1 aromatic carbocycles. The third-order valence-electron chi connectivity index (χ3n) is 4.12. The summed E-state index contributed by atoms with van der Waals surface area (Å²) in [5.74, 6) is 2.41. The van der Waals surface area contributed by atoms with Gasteiger partial charge in [0.1, 0.15) is 5.75 Å². The largest absolute Gasteiger partial charge is 0.496 e. The first-order chi connectivity index (χ1) is 10.3. The molecule has 5 nitrogen and oxygen atoms in total. The maximum atomic E-state index is 5.77. The zero-order chi connectivity index (χ0) is 14.7. The molecule has 5 heteroatoms. The Labute approximate surface area is 124 Å². The van der Waals surface area contributed by atoms with E-state index in [0.717, 1.165) is 24.2 Å². The van der Waals surface area contributed by atoms with Gasteiger partial charge in [0.15, 0.2) is 5.82 Å². The maximum Gasteiger partial charge on any atom is 0.261 e. The van der Waals surface area contributed by atoms with Crippen molar-refractivity contribution in [1.82, 2.24) is 10.1 Å². The molecule has 0 atom stereocenters. The molecule has 0 radical (unpaired) electrons. The highest BCUT2D eigenvalue weighted by Crippen LogP contribution is 2.34. The van der Waals surface area contributed by atoms with Crippen molar-refractivity contribution < 1.29 is 9.26 Å². The van der Waals surface area contributed by atoms with Gasteiger partial charge in [0.25, 0.3) is 5.89 Å². The normalized spacial score (nSPS) is 16.6. The molecular weight excluding hydrogens is 266 g/mol. The van der Waals surface area contributed by atoms with E-state index in [-0.39, 0.29) is 0 Å². The van der Waals surface area contributed by atoms with E-state index >= 15 is 0 Å². The smallest absolute Gasteiger partial charge is 0.261 e. The number of ether oxygens (including phenoxy) is 1. The number of nitrogen functional groups attached to an aromatic ring is 1. The van der Waals surface area contributed by atoms with Gasteiger partial charge in [-0.25, -0.2) is 0 Å². The average Bonchev–Trinajstić information content (AvgIpc) is 2.82. The monoisotopic (exact) mass is 287 g/mol. The molecule has 21 heavy (non-hydrogen) atoms. The molecule has 0 amide bonds. The van der Waals surface area contributed by atoms with Gasteiger partial charge in [0, 0.05) is 17.7 Å². The van der Waals surface area contributed by atoms with E-state index in [1.165, 1.54) is 25.7 Å². The summed E-state index contributed by atoms with van der Waals surface area (Å²) in [6.07, 6.45) is 7.43. The zero-order valence-electron chi connectivity index (χ0n) is 12.3. The summed E-state index contributed by atoms with van der Waals surface area (Å²) in [5, 5.41) is 4.18. The van der Waals surface area contributed by atoms with Gasteiger partial charge in [-0.1, -0.05) is 30.8 Å². The van der Waals surface area contributed by atoms with Gasteiger partial charge in [0.2, 0.25) is 0 Å². The lowest BCUT2D eigenvalue weighted by Gasteiger charge is -2.07. The van der Waals surface area contributed by atoms with E-state index in [1.807, 2.05) is 12.1 Å². The fourth-order valence-corrected chi connectivity index (χ4v) is 2.93. The molecule has 1 aromatic heterocycles. The Hall–Kier alpha value is -2.04. The SMILES string of the molecule is COc1cc(N)ccc1-c1nc(C2CCCCCC2)no1. The molecule has 1 aliphatic carbocycles. The fraction of sp³-hybridized carbons (Fsp3) is 0.500. The maximum absolute atomic E-state index is 5.77. The Balaban J connectivity index is 1.87. The first-order valence-corrected chi connectivity index (χ1v) is 7.55. The Morgan fingerprint density at radius 1 is 1.19 bits per heavy atom. The molecule has 0 bridgehead atoms. The van der Waals surface area contributed by atoms with E-state index in [9.17, 15) is 0 Å². The molecule has 3 rings (SSSR count). The van der Waals surface area contributed by atoms with Gasteiger partial charge in [-0.15, -0.1) is 0 Å². The van der Waals surface area contributed by atoms with E-state index in [4.69, 9.17) is 15.0 Å². The predicted molar refractivity (Wildman–Crippen MR) is 81.1 cm³/mol. The highest BCUT2D eigenvalue weighted by Gasteiger charge is 2.21. The molecule has 1 heterocycles. The minimum atomic E-state index is 0.421. The quantitative estimate of drug-likeness (QED) is 0.687. The second kappa shape index (κ2) is 6.16. The first kappa shape index (κ1) is 13.9. The van der Waals surface area contributed by atoms with Crippen LogP contribution in [0.3, 0.4) is 0 Å². The highest BCUT2D eigenvalue weighted by molar-refractivity contribution is 5.66. The third kappa shape index (κ3) is 3.01. The Bertz CT molecular complexity index is 601. The minimum Gasteiger partial charge on any atom is -0.496 e. The molecular formula is C16H21N3O2. The molecule has 1 saturated carbocycles. The van der Waals surface area contributed by atoms with Crippen LogP contribution in [0.2, 0.25) is 0 Å². The van der Waals surface area contributed by atoms with Crippen LogP contribution in [0.4, 0.5) is 5.69 Å². The summed E-state index contributed by atoms with van der Waals surface area (Å²) in [7, 11) is 1.61. The Kier molecular flexibility index (Phi) is 4.08. The number of nitrogens with two attached hydrogens (primary N) is 1. The van der Waals surface area contributed by atoms with E-state index < -0.39 is 0 Å². The predicted octanol–water partition coefficient (Wildman–Crippen LogP) is 3.77. The number of methoxy groups -OCH3 is 1. The molecule has 112 valence electrons. The molecule has 0 unspecified atom stereocenters. The lowest BCUT2D eigenvalue weighted by atomic mass is 10.00. The van der Waals surface area contributed by atoms with Crippen LogP contribution in [0.1, 0.15) is 50.3 Å². The number of rotatable bonds is 3. The van der Waals surface area contributed by atoms with Gasteiger partial charge in [0.05, 0.1) is 12.7 Å². The lowest BCUT2D eigenvalue weighted by Crippen LogP contribution is -1.99. The first-order valence-electron chi connectivity index (χ1n) is 7.55. The van der Waals surface area contributed by atoms with Crippen molar-refractivity contribution in [3.8, 4) is 17.2 Å². The van der Waals surface area contributed by atoms with Gasteiger partial charge in [-0.2, -0.15) is 4.98 Å². The van der Waals surface area contributed by atoms with Crippen molar-refractivity contribution in [2.75, 3.05) is 12.8 Å². The number of nitrogens with zero attached hydrogens (tertiary/aromatic N) is 2. The molecule has 0 spiro atoms. The lowest BCUT2D eigenvalue weighted by molar-refractivity contribution is 0.398. The van der Waals surface area contributed by atoms with Crippen molar-refractivity contribution >= 4 is 5.69 Å². The van der Waals surface area contributed by atoms with Crippen LogP contribution < -0.4 is 10.5 Å².